The maximum Gasteiger partial charge on any atom is 0.243 e. The number of hydrogen-bond donors (Lipinski definition) is 1. The van der Waals surface area contributed by atoms with E-state index in [2.05, 4.69) is 17.2 Å². The molecule has 1 N–H and O–H groups in total. The average Bonchev–Trinajstić information content (AvgIpc) is 3.42. The number of rotatable bonds is 7. The summed E-state index contributed by atoms with van der Waals surface area (Å²) in [6.07, 6.45) is 2.36. The molecule has 2 amide bonds. The van der Waals surface area contributed by atoms with Gasteiger partial charge in [0.1, 0.15) is 6.04 Å². The number of imidazole rings is 1. The number of nitrogens with one attached hydrogen (secondary N) is 1. The number of nitrogens with zero attached hydrogens (tertiary/aromatic N) is 3. The maximum atomic E-state index is 13.0. The third-order valence-corrected chi connectivity index (χ3v) is 6.89. The lowest BCUT2D eigenvalue weighted by atomic mass is 10.0. The predicted octanol–water partition coefficient (Wildman–Crippen LogP) is 3.92. The molecule has 3 aromatic rings. The predicted molar refractivity (Wildman–Crippen MR) is 124 cm³/mol. The summed E-state index contributed by atoms with van der Waals surface area (Å²) in [7, 11) is 1.96. The maximum absolute atomic E-state index is 13.0. The molecule has 0 radical (unpaired) electrons. The number of fused-ring (bicyclic) bond motifs is 1. The van der Waals surface area contributed by atoms with Gasteiger partial charge in [-0.3, -0.25) is 9.59 Å². The van der Waals surface area contributed by atoms with Crippen molar-refractivity contribution in [3.63, 3.8) is 0 Å². The Hall–Kier alpha value is -2.80. The Balaban J connectivity index is 1.39. The van der Waals surface area contributed by atoms with Gasteiger partial charge >= 0.3 is 0 Å². The lowest BCUT2D eigenvalue weighted by molar-refractivity contribution is -0.136. The summed E-state index contributed by atoms with van der Waals surface area (Å²) >= 11 is 1.43. The zero-order valence-corrected chi connectivity index (χ0v) is 18.8. The molecule has 7 heteroatoms. The minimum Gasteiger partial charge on any atom is -0.348 e. The van der Waals surface area contributed by atoms with Crippen LogP contribution in [0.1, 0.15) is 37.8 Å². The van der Waals surface area contributed by atoms with Crippen molar-refractivity contribution in [3.05, 3.63) is 60.2 Å². The molecule has 0 aliphatic carbocycles. The first-order chi connectivity index (χ1) is 15.1. The third-order valence-electron chi connectivity index (χ3n) is 5.87. The highest BCUT2D eigenvalue weighted by Crippen LogP contribution is 2.25. The topological polar surface area (TPSA) is 67.2 Å². The Morgan fingerprint density at radius 2 is 1.90 bits per heavy atom. The number of carbonyl (C=O) groups is 2. The van der Waals surface area contributed by atoms with Crippen LogP contribution < -0.4 is 5.32 Å². The van der Waals surface area contributed by atoms with Crippen LogP contribution in [0, 0.1) is 0 Å². The molecular weight excluding hydrogens is 408 g/mol. The normalized spacial score (nSPS) is 17.1. The Kier molecular flexibility index (Phi) is 6.61. The molecule has 162 valence electrons. The van der Waals surface area contributed by atoms with E-state index in [4.69, 9.17) is 0 Å². The average molecular weight is 437 g/mol. The van der Waals surface area contributed by atoms with Crippen LogP contribution in [-0.2, 0) is 16.6 Å². The van der Waals surface area contributed by atoms with Gasteiger partial charge in [-0.05, 0) is 37.0 Å². The molecule has 1 aliphatic heterocycles. The number of aryl methyl sites for hydroxylation is 1. The van der Waals surface area contributed by atoms with Crippen molar-refractivity contribution in [3.8, 4) is 0 Å². The quantitative estimate of drug-likeness (QED) is 0.570. The van der Waals surface area contributed by atoms with Gasteiger partial charge in [-0.1, -0.05) is 61.2 Å². The summed E-state index contributed by atoms with van der Waals surface area (Å²) in [5.41, 5.74) is 3.05. The van der Waals surface area contributed by atoms with Gasteiger partial charge < -0.3 is 14.8 Å². The molecule has 6 nitrogen and oxygen atoms in total. The zero-order valence-electron chi connectivity index (χ0n) is 18.0. The van der Waals surface area contributed by atoms with Crippen molar-refractivity contribution in [2.75, 3.05) is 12.3 Å². The number of aromatic nitrogens is 2. The molecule has 31 heavy (non-hydrogen) atoms. The summed E-state index contributed by atoms with van der Waals surface area (Å²) in [4.78, 5) is 32.4. The monoisotopic (exact) mass is 436 g/mol. The minimum absolute atomic E-state index is 0.0116. The highest BCUT2D eigenvalue weighted by molar-refractivity contribution is 7.99. The standard InChI is InChI=1S/C24H28N4O2S/c1-3-18(17-10-5-4-6-11-17)25-23(30)21-14-9-15-28(21)22(29)16-31-24-26-19-12-7-8-13-20(19)27(24)2/h4-8,10-13,18,21H,3,9,14-16H2,1-2H3,(H,25,30)/t18?,21-/m0/s1. The fourth-order valence-electron chi connectivity index (χ4n) is 4.17. The molecule has 1 unspecified atom stereocenters. The van der Waals surface area contributed by atoms with E-state index >= 15 is 0 Å². The van der Waals surface area contributed by atoms with Crippen LogP contribution in [0.25, 0.3) is 11.0 Å². The number of thioether (sulfide) groups is 1. The first-order valence-corrected chi connectivity index (χ1v) is 11.8. The summed E-state index contributed by atoms with van der Waals surface area (Å²) in [5.74, 6) is 0.202. The van der Waals surface area contributed by atoms with Crippen molar-refractivity contribution in [1.82, 2.24) is 19.8 Å². The zero-order chi connectivity index (χ0) is 21.8. The van der Waals surface area contributed by atoms with E-state index in [-0.39, 0.29) is 23.6 Å². The molecule has 0 saturated carbocycles. The highest BCUT2D eigenvalue weighted by atomic mass is 32.2. The highest BCUT2D eigenvalue weighted by Gasteiger charge is 2.34. The van der Waals surface area contributed by atoms with E-state index in [1.165, 1.54) is 11.8 Å². The van der Waals surface area contributed by atoms with Gasteiger partial charge in [0.05, 0.1) is 22.8 Å². The SMILES string of the molecule is CCC(NC(=O)[C@@H]1CCCN1C(=O)CSc1nc2ccccc2n1C)c1ccccc1. The van der Waals surface area contributed by atoms with Crippen LogP contribution in [0.15, 0.2) is 59.8 Å². The van der Waals surface area contributed by atoms with Crippen LogP contribution in [0.2, 0.25) is 0 Å². The smallest absolute Gasteiger partial charge is 0.243 e. The Morgan fingerprint density at radius 1 is 1.16 bits per heavy atom. The van der Waals surface area contributed by atoms with Crippen molar-refractivity contribution >= 4 is 34.6 Å². The molecule has 0 spiro atoms. The third kappa shape index (κ3) is 4.61. The number of likely N-dealkylation sites (tertiary alicyclic amines) is 1. The molecule has 2 aromatic carbocycles. The number of amides is 2. The van der Waals surface area contributed by atoms with E-state index in [1.807, 2.05) is 66.2 Å². The summed E-state index contributed by atoms with van der Waals surface area (Å²) in [6.45, 7) is 2.69. The fourth-order valence-corrected chi connectivity index (χ4v) is 5.05. The molecule has 2 heterocycles. The largest absolute Gasteiger partial charge is 0.348 e. The molecule has 0 bridgehead atoms. The second-order valence-electron chi connectivity index (χ2n) is 7.86. The lowest BCUT2D eigenvalue weighted by Crippen LogP contribution is -2.47. The van der Waals surface area contributed by atoms with Crippen molar-refractivity contribution in [2.45, 2.75) is 43.4 Å². The molecule has 2 atom stereocenters. The van der Waals surface area contributed by atoms with Gasteiger partial charge in [0.25, 0.3) is 0 Å². The van der Waals surface area contributed by atoms with Crippen molar-refractivity contribution in [1.29, 1.82) is 0 Å². The van der Waals surface area contributed by atoms with Gasteiger partial charge in [-0.25, -0.2) is 4.98 Å². The van der Waals surface area contributed by atoms with E-state index in [9.17, 15) is 9.59 Å². The van der Waals surface area contributed by atoms with Crippen LogP contribution >= 0.6 is 11.8 Å². The van der Waals surface area contributed by atoms with Crippen molar-refractivity contribution in [2.24, 2.45) is 7.05 Å². The van der Waals surface area contributed by atoms with Gasteiger partial charge in [-0.15, -0.1) is 0 Å². The minimum atomic E-state index is -0.397. The van der Waals surface area contributed by atoms with Crippen LogP contribution in [0.3, 0.4) is 0 Å². The molecule has 1 fully saturated rings. The fraction of sp³-hybridized carbons (Fsp3) is 0.375. The first-order valence-electron chi connectivity index (χ1n) is 10.8. The Labute approximate surface area is 187 Å². The summed E-state index contributed by atoms with van der Waals surface area (Å²) < 4.78 is 2.01. The van der Waals surface area contributed by atoms with Crippen LogP contribution in [0.5, 0.6) is 0 Å². The van der Waals surface area contributed by atoms with Crippen molar-refractivity contribution < 1.29 is 9.59 Å². The molecule has 1 saturated heterocycles. The van der Waals surface area contributed by atoms with E-state index in [1.54, 1.807) is 4.90 Å². The van der Waals surface area contributed by atoms with Gasteiger partial charge in [0.15, 0.2) is 5.16 Å². The van der Waals surface area contributed by atoms with E-state index in [0.717, 1.165) is 34.6 Å². The number of carbonyl (C=O) groups excluding carboxylic acids is 2. The van der Waals surface area contributed by atoms with Gasteiger partial charge in [-0.2, -0.15) is 0 Å². The van der Waals surface area contributed by atoms with Gasteiger partial charge in [0.2, 0.25) is 11.8 Å². The first kappa shape index (κ1) is 21.4. The second kappa shape index (κ2) is 9.56. The second-order valence-corrected chi connectivity index (χ2v) is 8.80. The molecular formula is C24H28N4O2S. The molecule has 1 aromatic heterocycles. The Bertz CT molecular complexity index is 1070. The lowest BCUT2D eigenvalue weighted by Gasteiger charge is -2.26. The van der Waals surface area contributed by atoms with E-state index < -0.39 is 6.04 Å². The Morgan fingerprint density at radius 3 is 2.65 bits per heavy atom. The van der Waals surface area contributed by atoms with Crippen LogP contribution in [-0.4, -0.2) is 44.6 Å². The molecule has 4 rings (SSSR count). The summed E-state index contributed by atoms with van der Waals surface area (Å²) in [5, 5.41) is 3.96. The number of para-hydroxylation sites is 2. The molecule has 1 aliphatic rings. The van der Waals surface area contributed by atoms with Gasteiger partial charge in [0, 0.05) is 13.6 Å². The number of hydrogen-bond acceptors (Lipinski definition) is 4. The summed E-state index contributed by atoms with van der Waals surface area (Å²) in [6, 6.07) is 17.5. The number of benzene rings is 2. The van der Waals surface area contributed by atoms with Crippen LogP contribution in [0.4, 0.5) is 0 Å². The van der Waals surface area contributed by atoms with E-state index in [0.29, 0.717) is 13.0 Å².